The fraction of sp³-hybridized carbons (Fsp3) is 0.462. The maximum absolute atomic E-state index is 11.5. The lowest BCUT2D eigenvalue weighted by atomic mass is 10.0. The van der Waals surface area contributed by atoms with E-state index < -0.39 is 0 Å². The maximum atomic E-state index is 11.5. The highest BCUT2D eigenvalue weighted by Gasteiger charge is 2.21. The summed E-state index contributed by atoms with van der Waals surface area (Å²) in [7, 11) is 1.74. The number of para-hydroxylation sites is 1. The van der Waals surface area contributed by atoms with Gasteiger partial charge in [-0.25, -0.2) is 0 Å². The minimum atomic E-state index is -0.200. The van der Waals surface area contributed by atoms with Crippen LogP contribution >= 0.6 is 0 Å². The molecule has 0 saturated heterocycles. The van der Waals surface area contributed by atoms with Crippen LogP contribution in [0.2, 0.25) is 0 Å². The van der Waals surface area contributed by atoms with Crippen molar-refractivity contribution >= 4 is 11.7 Å². The molecule has 0 bridgehead atoms. The van der Waals surface area contributed by atoms with Crippen molar-refractivity contribution in [3.05, 3.63) is 29.8 Å². The van der Waals surface area contributed by atoms with E-state index in [2.05, 4.69) is 10.6 Å². The zero-order chi connectivity index (χ0) is 12.1. The molecule has 0 amide bonds. The molecule has 17 heavy (non-hydrogen) atoms. The first-order valence-electron chi connectivity index (χ1n) is 5.98. The van der Waals surface area contributed by atoms with Crippen molar-refractivity contribution in [1.82, 2.24) is 5.32 Å². The highest BCUT2D eigenvalue weighted by atomic mass is 16.5. The second-order valence-corrected chi connectivity index (χ2v) is 4.17. The van der Waals surface area contributed by atoms with Crippen LogP contribution in [0.4, 0.5) is 5.69 Å². The third-order valence-corrected chi connectivity index (χ3v) is 2.86. The molecule has 4 heteroatoms. The predicted octanol–water partition coefficient (Wildman–Crippen LogP) is 1.70. The van der Waals surface area contributed by atoms with Crippen LogP contribution in [0, 0.1) is 0 Å². The monoisotopic (exact) mass is 234 g/mol. The highest BCUT2D eigenvalue weighted by molar-refractivity contribution is 5.72. The summed E-state index contributed by atoms with van der Waals surface area (Å²) in [4.78, 5) is 11.5. The van der Waals surface area contributed by atoms with E-state index >= 15 is 0 Å². The molecule has 4 nitrogen and oxygen atoms in total. The van der Waals surface area contributed by atoms with Crippen LogP contribution < -0.4 is 10.6 Å². The summed E-state index contributed by atoms with van der Waals surface area (Å²) in [5.74, 6) is -0.200. The van der Waals surface area contributed by atoms with Crippen molar-refractivity contribution in [2.75, 3.05) is 25.5 Å². The Kier molecular flexibility index (Phi) is 3.98. The van der Waals surface area contributed by atoms with E-state index in [1.165, 1.54) is 0 Å². The van der Waals surface area contributed by atoms with Crippen LogP contribution in [0.1, 0.15) is 24.5 Å². The number of carbonyl (C=O) groups is 1. The quantitative estimate of drug-likeness (QED) is 0.781. The predicted molar refractivity (Wildman–Crippen MR) is 66.9 cm³/mol. The van der Waals surface area contributed by atoms with Crippen molar-refractivity contribution < 1.29 is 9.53 Å². The van der Waals surface area contributed by atoms with Crippen molar-refractivity contribution in [3.63, 3.8) is 0 Å². The molecule has 0 radical (unpaired) electrons. The third-order valence-electron chi connectivity index (χ3n) is 2.86. The van der Waals surface area contributed by atoms with Crippen LogP contribution in [-0.4, -0.2) is 26.1 Å². The van der Waals surface area contributed by atoms with Crippen molar-refractivity contribution in [2.45, 2.75) is 18.9 Å². The number of hydrogen-bond acceptors (Lipinski definition) is 4. The van der Waals surface area contributed by atoms with Crippen LogP contribution in [0.25, 0.3) is 0 Å². The standard InChI is InChI=1S/C13H18N2O2/c1-14-9-13(16)17-12-7-4-8-15-11-6-3-2-5-10(11)12/h2-3,5-6,12,14-15H,4,7-9H2,1H3. The molecule has 0 aromatic heterocycles. The van der Waals surface area contributed by atoms with Gasteiger partial charge in [0.2, 0.25) is 0 Å². The Morgan fingerprint density at radius 1 is 1.53 bits per heavy atom. The Labute approximate surface area is 101 Å². The van der Waals surface area contributed by atoms with Gasteiger partial charge in [0, 0.05) is 17.8 Å². The number of benzene rings is 1. The van der Waals surface area contributed by atoms with E-state index in [1.807, 2.05) is 24.3 Å². The molecule has 1 aromatic rings. The lowest BCUT2D eigenvalue weighted by molar-refractivity contribution is -0.148. The van der Waals surface area contributed by atoms with Gasteiger partial charge in [0.25, 0.3) is 0 Å². The van der Waals surface area contributed by atoms with E-state index in [-0.39, 0.29) is 18.6 Å². The molecule has 2 rings (SSSR count). The molecule has 1 unspecified atom stereocenters. The number of likely N-dealkylation sites (N-methyl/N-ethyl adjacent to an activating group) is 1. The van der Waals surface area contributed by atoms with Gasteiger partial charge in [-0.3, -0.25) is 4.79 Å². The van der Waals surface area contributed by atoms with E-state index in [9.17, 15) is 4.79 Å². The SMILES string of the molecule is CNCC(=O)OC1CCCNc2ccccc21. The fourth-order valence-corrected chi connectivity index (χ4v) is 2.07. The molecule has 92 valence electrons. The molecule has 1 aromatic carbocycles. The van der Waals surface area contributed by atoms with E-state index in [0.29, 0.717) is 0 Å². The molecule has 1 heterocycles. The smallest absolute Gasteiger partial charge is 0.320 e. The molecular formula is C13H18N2O2. The van der Waals surface area contributed by atoms with Gasteiger partial charge in [-0.15, -0.1) is 0 Å². The fourth-order valence-electron chi connectivity index (χ4n) is 2.07. The summed E-state index contributed by atoms with van der Waals surface area (Å²) in [5, 5.41) is 6.16. The summed E-state index contributed by atoms with van der Waals surface area (Å²) in [6.07, 6.45) is 1.76. The second-order valence-electron chi connectivity index (χ2n) is 4.17. The summed E-state index contributed by atoms with van der Waals surface area (Å²) in [6.45, 7) is 1.18. The molecular weight excluding hydrogens is 216 g/mol. The molecule has 0 saturated carbocycles. The molecule has 0 spiro atoms. The van der Waals surface area contributed by atoms with Crippen LogP contribution in [0.5, 0.6) is 0 Å². The van der Waals surface area contributed by atoms with Crippen molar-refractivity contribution in [1.29, 1.82) is 0 Å². The van der Waals surface area contributed by atoms with E-state index in [0.717, 1.165) is 30.6 Å². The van der Waals surface area contributed by atoms with Gasteiger partial charge in [0.1, 0.15) is 6.10 Å². The lowest BCUT2D eigenvalue weighted by Crippen LogP contribution is -2.22. The molecule has 2 N–H and O–H groups in total. The normalized spacial score (nSPS) is 18.8. The van der Waals surface area contributed by atoms with Gasteiger partial charge in [0.05, 0.1) is 6.54 Å². The van der Waals surface area contributed by atoms with Gasteiger partial charge >= 0.3 is 5.97 Å². The van der Waals surface area contributed by atoms with Crippen LogP contribution in [0.15, 0.2) is 24.3 Å². The summed E-state index contributed by atoms with van der Waals surface area (Å²) in [6, 6.07) is 8.01. The third kappa shape index (κ3) is 2.97. The number of ether oxygens (including phenoxy) is 1. The minimum Gasteiger partial charge on any atom is -0.456 e. The van der Waals surface area contributed by atoms with Crippen molar-refractivity contribution in [3.8, 4) is 0 Å². The number of hydrogen-bond donors (Lipinski definition) is 2. The first-order valence-corrected chi connectivity index (χ1v) is 5.98. The first kappa shape index (κ1) is 11.9. The number of nitrogens with one attached hydrogen (secondary N) is 2. The Bertz CT molecular complexity index is 393. The molecule has 0 fully saturated rings. The minimum absolute atomic E-state index is 0.123. The van der Waals surface area contributed by atoms with Gasteiger partial charge < -0.3 is 15.4 Å². The lowest BCUT2D eigenvalue weighted by Gasteiger charge is -2.18. The van der Waals surface area contributed by atoms with Gasteiger partial charge in [-0.2, -0.15) is 0 Å². The highest BCUT2D eigenvalue weighted by Crippen LogP contribution is 2.31. The van der Waals surface area contributed by atoms with Gasteiger partial charge in [0.15, 0.2) is 0 Å². The molecule has 1 aliphatic heterocycles. The average molecular weight is 234 g/mol. The Morgan fingerprint density at radius 3 is 3.18 bits per heavy atom. The van der Waals surface area contributed by atoms with Gasteiger partial charge in [-0.1, -0.05) is 18.2 Å². The van der Waals surface area contributed by atoms with Crippen molar-refractivity contribution in [2.24, 2.45) is 0 Å². The topological polar surface area (TPSA) is 50.4 Å². The zero-order valence-corrected chi connectivity index (χ0v) is 10.0. The van der Waals surface area contributed by atoms with E-state index in [4.69, 9.17) is 4.74 Å². The zero-order valence-electron chi connectivity index (χ0n) is 10.0. The largest absolute Gasteiger partial charge is 0.456 e. The van der Waals surface area contributed by atoms with Gasteiger partial charge in [-0.05, 0) is 26.0 Å². The number of rotatable bonds is 3. The summed E-state index contributed by atoms with van der Waals surface area (Å²) >= 11 is 0. The number of fused-ring (bicyclic) bond motifs is 1. The Hall–Kier alpha value is -1.55. The number of carbonyl (C=O) groups excluding carboxylic acids is 1. The molecule has 1 aliphatic rings. The molecule has 0 aliphatic carbocycles. The average Bonchev–Trinajstić information content (AvgIpc) is 2.53. The van der Waals surface area contributed by atoms with Crippen LogP contribution in [-0.2, 0) is 9.53 Å². The second kappa shape index (κ2) is 5.68. The number of esters is 1. The molecule has 1 atom stereocenters. The Balaban J connectivity index is 2.14. The maximum Gasteiger partial charge on any atom is 0.320 e. The number of anilines is 1. The van der Waals surface area contributed by atoms with Crippen LogP contribution in [0.3, 0.4) is 0 Å². The summed E-state index contributed by atoms with van der Waals surface area (Å²) in [5.41, 5.74) is 2.15. The summed E-state index contributed by atoms with van der Waals surface area (Å²) < 4.78 is 5.50. The Morgan fingerprint density at radius 2 is 2.35 bits per heavy atom. The first-order chi connectivity index (χ1) is 8.31. The van der Waals surface area contributed by atoms with E-state index in [1.54, 1.807) is 7.05 Å².